The molecular weight excluding hydrogens is 242 g/mol. The largest absolute Gasteiger partial charge is 0.302 e. The van der Waals surface area contributed by atoms with Gasteiger partial charge in [0, 0.05) is 12.4 Å². The molecule has 0 aliphatic carbocycles. The van der Waals surface area contributed by atoms with Gasteiger partial charge in [0.2, 0.25) is 0 Å². The lowest BCUT2D eigenvalue weighted by Gasteiger charge is -2.22. The van der Waals surface area contributed by atoms with Gasteiger partial charge in [-0.15, -0.1) is 11.6 Å². The van der Waals surface area contributed by atoms with Crippen LogP contribution in [0.3, 0.4) is 0 Å². The molecule has 1 rings (SSSR count). The van der Waals surface area contributed by atoms with Crippen molar-refractivity contribution in [3.8, 4) is 0 Å². The smallest absolute Gasteiger partial charge is 0.0235 e. The first-order chi connectivity index (χ1) is 8.34. The molecule has 0 N–H and O–H groups in total. The van der Waals surface area contributed by atoms with Crippen LogP contribution >= 0.6 is 11.6 Å². The maximum absolute atomic E-state index is 5.72. The summed E-state index contributed by atoms with van der Waals surface area (Å²) in [6, 6.07) is 6.86. The van der Waals surface area contributed by atoms with Gasteiger partial charge in [0.1, 0.15) is 0 Å². The van der Waals surface area contributed by atoms with Crippen LogP contribution in [0, 0.1) is 6.92 Å². The molecule has 0 aliphatic heterocycles. The Morgan fingerprint density at radius 2 is 1.89 bits per heavy atom. The molecule has 0 radical (unpaired) electrons. The minimum atomic E-state index is 0.230. The van der Waals surface area contributed by atoms with E-state index in [4.69, 9.17) is 11.6 Å². The van der Waals surface area contributed by atoms with Crippen molar-refractivity contribution in [2.24, 2.45) is 0 Å². The first-order valence-electron chi connectivity index (χ1n) is 6.69. The molecule has 1 aromatic carbocycles. The molecule has 0 spiro atoms. The fraction of sp³-hybridized carbons (Fsp3) is 0.625. The van der Waals surface area contributed by atoms with Crippen molar-refractivity contribution in [2.75, 3.05) is 19.5 Å². The van der Waals surface area contributed by atoms with Crippen LogP contribution < -0.4 is 0 Å². The lowest BCUT2D eigenvalue weighted by Crippen LogP contribution is -2.20. The molecule has 0 saturated heterocycles. The van der Waals surface area contributed by atoms with Gasteiger partial charge in [-0.1, -0.05) is 39.0 Å². The molecule has 18 heavy (non-hydrogen) atoms. The van der Waals surface area contributed by atoms with Crippen LogP contribution in [0.15, 0.2) is 18.2 Å². The minimum absolute atomic E-state index is 0.230. The molecule has 1 nitrogen and oxygen atoms in total. The lowest BCUT2D eigenvalue weighted by molar-refractivity contribution is 0.327. The Bertz CT molecular complexity index is 379. The van der Waals surface area contributed by atoms with Gasteiger partial charge in [-0.3, -0.25) is 0 Å². The van der Waals surface area contributed by atoms with Crippen molar-refractivity contribution < 1.29 is 0 Å². The van der Waals surface area contributed by atoms with Crippen LogP contribution in [0.25, 0.3) is 0 Å². The number of hydrogen-bond donors (Lipinski definition) is 0. The number of hydrogen-bond acceptors (Lipinski definition) is 1. The van der Waals surface area contributed by atoms with Crippen molar-refractivity contribution in [3.63, 3.8) is 0 Å². The highest BCUT2D eigenvalue weighted by Gasteiger charge is 2.14. The van der Waals surface area contributed by atoms with E-state index in [1.807, 2.05) is 0 Å². The number of halogens is 1. The highest BCUT2D eigenvalue weighted by Crippen LogP contribution is 2.24. The van der Waals surface area contributed by atoms with Gasteiger partial charge in [-0.25, -0.2) is 0 Å². The molecule has 0 heterocycles. The summed E-state index contributed by atoms with van der Waals surface area (Å²) in [5.41, 5.74) is 4.45. The Morgan fingerprint density at radius 3 is 2.39 bits per heavy atom. The Labute approximate surface area is 117 Å². The van der Waals surface area contributed by atoms with Crippen molar-refractivity contribution >= 4 is 11.6 Å². The number of rotatable bonds is 5. The van der Waals surface area contributed by atoms with Crippen LogP contribution in [0.4, 0.5) is 0 Å². The van der Waals surface area contributed by atoms with E-state index >= 15 is 0 Å². The Morgan fingerprint density at radius 1 is 1.22 bits per heavy atom. The number of alkyl halides is 1. The van der Waals surface area contributed by atoms with Crippen molar-refractivity contribution in [2.45, 2.75) is 46.1 Å². The topological polar surface area (TPSA) is 3.24 Å². The maximum Gasteiger partial charge on any atom is 0.0235 e. The Kier molecular flexibility index (Phi) is 5.68. The van der Waals surface area contributed by atoms with E-state index < -0.39 is 0 Å². The summed E-state index contributed by atoms with van der Waals surface area (Å²) < 4.78 is 0. The van der Waals surface area contributed by atoms with E-state index in [-0.39, 0.29) is 5.41 Å². The van der Waals surface area contributed by atoms with E-state index in [9.17, 15) is 0 Å². The molecule has 0 aliphatic rings. The first-order valence-corrected chi connectivity index (χ1v) is 7.22. The molecule has 0 atom stereocenters. The monoisotopic (exact) mass is 267 g/mol. The van der Waals surface area contributed by atoms with E-state index in [0.717, 1.165) is 25.4 Å². The lowest BCUT2D eigenvalue weighted by atomic mass is 9.85. The SMILES string of the molecule is Cc1cc(C(C)(C)C)ccc1CN(C)CCCCl. The molecule has 0 unspecified atom stereocenters. The van der Waals surface area contributed by atoms with Gasteiger partial charge >= 0.3 is 0 Å². The van der Waals surface area contributed by atoms with Crippen molar-refractivity contribution in [3.05, 3.63) is 34.9 Å². The molecule has 102 valence electrons. The fourth-order valence-corrected chi connectivity index (χ4v) is 2.16. The fourth-order valence-electron chi connectivity index (χ4n) is 2.04. The minimum Gasteiger partial charge on any atom is -0.302 e. The standard InChI is InChI=1S/C16H26ClN/c1-13-11-15(16(2,3)4)8-7-14(13)12-18(5)10-6-9-17/h7-8,11H,6,9-10,12H2,1-5H3. The zero-order valence-electron chi connectivity index (χ0n) is 12.4. The third-order valence-corrected chi connectivity index (χ3v) is 3.59. The Hall–Kier alpha value is -0.530. The molecule has 0 saturated carbocycles. The normalized spacial score (nSPS) is 12.2. The van der Waals surface area contributed by atoms with Crippen LogP contribution in [0.2, 0.25) is 0 Å². The van der Waals surface area contributed by atoms with Crippen molar-refractivity contribution in [1.82, 2.24) is 4.90 Å². The summed E-state index contributed by atoms with van der Waals surface area (Å²) in [5.74, 6) is 0.742. The predicted octanol–water partition coefficient (Wildman–Crippen LogP) is 4.35. The quantitative estimate of drug-likeness (QED) is 0.717. The van der Waals surface area contributed by atoms with E-state index in [1.165, 1.54) is 16.7 Å². The molecule has 0 fully saturated rings. The van der Waals surface area contributed by atoms with Crippen LogP contribution in [-0.4, -0.2) is 24.4 Å². The molecule has 1 aromatic rings. The highest BCUT2D eigenvalue weighted by molar-refractivity contribution is 6.17. The average molecular weight is 268 g/mol. The Balaban J connectivity index is 2.74. The molecular formula is C16H26ClN. The first kappa shape index (κ1) is 15.5. The van der Waals surface area contributed by atoms with Gasteiger partial charge in [0.15, 0.2) is 0 Å². The summed E-state index contributed by atoms with van der Waals surface area (Å²) in [4.78, 5) is 2.33. The zero-order valence-corrected chi connectivity index (χ0v) is 13.1. The van der Waals surface area contributed by atoms with Gasteiger partial charge in [0.25, 0.3) is 0 Å². The summed E-state index contributed by atoms with van der Waals surface area (Å²) in [6.45, 7) is 11.0. The summed E-state index contributed by atoms with van der Waals surface area (Å²) in [7, 11) is 2.16. The van der Waals surface area contributed by atoms with E-state index in [1.54, 1.807) is 0 Å². The van der Waals surface area contributed by atoms with Crippen molar-refractivity contribution in [1.29, 1.82) is 0 Å². The summed E-state index contributed by atoms with van der Waals surface area (Å²) in [5, 5.41) is 0. The number of nitrogens with zero attached hydrogens (tertiary/aromatic N) is 1. The molecule has 2 heteroatoms. The second-order valence-corrected chi connectivity index (χ2v) is 6.55. The third-order valence-electron chi connectivity index (χ3n) is 3.32. The average Bonchev–Trinajstić information content (AvgIpc) is 2.27. The highest BCUT2D eigenvalue weighted by atomic mass is 35.5. The summed E-state index contributed by atoms with van der Waals surface area (Å²) in [6.07, 6.45) is 1.05. The van der Waals surface area contributed by atoms with E-state index in [0.29, 0.717) is 0 Å². The van der Waals surface area contributed by atoms with Gasteiger partial charge in [-0.05, 0) is 49.0 Å². The van der Waals surface area contributed by atoms with Crippen LogP contribution in [0.5, 0.6) is 0 Å². The molecule has 0 aromatic heterocycles. The molecule has 0 amide bonds. The maximum atomic E-state index is 5.72. The predicted molar refractivity (Wildman–Crippen MR) is 81.6 cm³/mol. The molecule has 0 bridgehead atoms. The second-order valence-electron chi connectivity index (χ2n) is 6.17. The van der Waals surface area contributed by atoms with Gasteiger partial charge < -0.3 is 4.90 Å². The third kappa shape index (κ3) is 4.62. The zero-order chi connectivity index (χ0) is 13.8. The van der Waals surface area contributed by atoms with Gasteiger partial charge in [0.05, 0.1) is 0 Å². The second kappa shape index (κ2) is 6.58. The van der Waals surface area contributed by atoms with Crippen LogP contribution in [0.1, 0.15) is 43.9 Å². The summed E-state index contributed by atoms with van der Waals surface area (Å²) >= 11 is 5.72. The van der Waals surface area contributed by atoms with Crippen LogP contribution in [-0.2, 0) is 12.0 Å². The van der Waals surface area contributed by atoms with E-state index in [2.05, 4.69) is 57.8 Å². The van der Waals surface area contributed by atoms with Gasteiger partial charge in [-0.2, -0.15) is 0 Å². The number of aryl methyl sites for hydroxylation is 1. The number of benzene rings is 1.